The van der Waals surface area contributed by atoms with Crippen LogP contribution in [-0.4, -0.2) is 4.98 Å². The highest BCUT2D eigenvalue weighted by Gasteiger charge is 2.10. The standard InChI is InChI=1S/C11H6Cl3IN2/c12-8-1-5(2-9(13)10(8)14)7-3-6(15)4-17-11(7)16/h1-4H,(H2,16,17). The Morgan fingerprint density at radius 1 is 1.06 bits per heavy atom. The van der Waals surface area contributed by atoms with E-state index < -0.39 is 0 Å². The van der Waals surface area contributed by atoms with Crippen molar-refractivity contribution in [2.24, 2.45) is 0 Å². The number of nitrogen functional groups attached to an aromatic ring is 1. The molecule has 2 rings (SSSR count). The molecule has 6 heteroatoms. The summed E-state index contributed by atoms with van der Waals surface area (Å²) in [6, 6.07) is 5.36. The maximum absolute atomic E-state index is 5.98. The second kappa shape index (κ2) is 5.18. The number of hydrogen-bond acceptors (Lipinski definition) is 2. The molecule has 1 heterocycles. The zero-order chi connectivity index (χ0) is 12.6. The molecule has 17 heavy (non-hydrogen) atoms. The predicted molar refractivity (Wildman–Crippen MR) is 81.8 cm³/mol. The quantitative estimate of drug-likeness (QED) is 0.547. The van der Waals surface area contributed by atoms with Crippen molar-refractivity contribution in [2.75, 3.05) is 5.73 Å². The molecule has 0 amide bonds. The molecular formula is C11H6Cl3IN2. The number of aromatic nitrogens is 1. The van der Waals surface area contributed by atoms with Gasteiger partial charge in [-0.1, -0.05) is 34.8 Å². The van der Waals surface area contributed by atoms with Gasteiger partial charge < -0.3 is 5.73 Å². The Hall–Kier alpha value is -0.230. The van der Waals surface area contributed by atoms with E-state index in [-0.39, 0.29) is 0 Å². The van der Waals surface area contributed by atoms with Crippen molar-refractivity contribution in [3.05, 3.63) is 43.0 Å². The van der Waals surface area contributed by atoms with E-state index in [9.17, 15) is 0 Å². The third-order valence-corrected chi connectivity index (χ3v) is 3.97. The van der Waals surface area contributed by atoms with E-state index in [1.165, 1.54) is 0 Å². The lowest BCUT2D eigenvalue weighted by molar-refractivity contribution is 1.32. The molecule has 0 fully saturated rings. The Morgan fingerprint density at radius 2 is 1.65 bits per heavy atom. The van der Waals surface area contributed by atoms with Gasteiger partial charge in [-0.15, -0.1) is 0 Å². The lowest BCUT2D eigenvalue weighted by Gasteiger charge is -2.08. The zero-order valence-corrected chi connectivity index (χ0v) is 12.8. The Kier molecular flexibility index (Phi) is 4.02. The first-order valence-corrected chi connectivity index (χ1v) is 6.76. The van der Waals surface area contributed by atoms with Crippen LogP contribution in [0.15, 0.2) is 24.4 Å². The fourth-order valence-corrected chi connectivity index (χ4v) is 2.44. The SMILES string of the molecule is Nc1ncc(I)cc1-c1cc(Cl)c(Cl)c(Cl)c1. The summed E-state index contributed by atoms with van der Waals surface area (Å²) in [6.45, 7) is 0. The van der Waals surface area contributed by atoms with Crippen LogP contribution in [0.2, 0.25) is 15.1 Å². The summed E-state index contributed by atoms with van der Waals surface area (Å²) in [5.41, 5.74) is 7.41. The van der Waals surface area contributed by atoms with Crippen LogP contribution in [0.5, 0.6) is 0 Å². The summed E-state index contributed by atoms with van der Waals surface area (Å²) in [5, 5.41) is 1.13. The van der Waals surface area contributed by atoms with Crippen LogP contribution in [0.25, 0.3) is 11.1 Å². The second-order valence-electron chi connectivity index (χ2n) is 3.34. The number of nitrogens with two attached hydrogens (primary N) is 1. The van der Waals surface area contributed by atoms with Gasteiger partial charge in [0.25, 0.3) is 0 Å². The van der Waals surface area contributed by atoms with E-state index in [1.807, 2.05) is 6.07 Å². The summed E-state index contributed by atoms with van der Waals surface area (Å²) >= 11 is 20.0. The third-order valence-electron chi connectivity index (χ3n) is 2.18. The Labute approximate surface area is 127 Å². The fourth-order valence-electron chi connectivity index (χ4n) is 1.39. The smallest absolute Gasteiger partial charge is 0.131 e. The molecule has 0 saturated carbocycles. The topological polar surface area (TPSA) is 38.9 Å². The van der Waals surface area contributed by atoms with Gasteiger partial charge in [0, 0.05) is 15.3 Å². The zero-order valence-electron chi connectivity index (χ0n) is 8.35. The molecule has 0 radical (unpaired) electrons. The molecule has 2 nitrogen and oxygen atoms in total. The summed E-state index contributed by atoms with van der Waals surface area (Å²) in [7, 11) is 0. The molecule has 2 aromatic rings. The van der Waals surface area contributed by atoms with E-state index >= 15 is 0 Å². The third kappa shape index (κ3) is 2.78. The molecule has 1 aromatic carbocycles. The van der Waals surface area contributed by atoms with Crippen LogP contribution < -0.4 is 5.73 Å². The molecule has 0 unspecified atom stereocenters. The Bertz CT molecular complexity index is 564. The minimum Gasteiger partial charge on any atom is -0.383 e. The van der Waals surface area contributed by atoms with Crippen molar-refractivity contribution in [1.82, 2.24) is 4.98 Å². The first kappa shape index (κ1) is 13.2. The highest BCUT2D eigenvalue weighted by atomic mass is 127. The maximum Gasteiger partial charge on any atom is 0.131 e. The minimum absolute atomic E-state index is 0.342. The van der Waals surface area contributed by atoms with Gasteiger partial charge in [-0.3, -0.25) is 0 Å². The lowest BCUT2D eigenvalue weighted by atomic mass is 10.1. The van der Waals surface area contributed by atoms with E-state index in [2.05, 4.69) is 27.6 Å². The number of hydrogen-bond donors (Lipinski definition) is 1. The fraction of sp³-hybridized carbons (Fsp3) is 0. The van der Waals surface area contributed by atoms with Crippen molar-refractivity contribution in [3.8, 4) is 11.1 Å². The molecule has 0 bridgehead atoms. The molecule has 0 atom stereocenters. The second-order valence-corrected chi connectivity index (χ2v) is 5.78. The lowest BCUT2D eigenvalue weighted by Crippen LogP contribution is -1.95. The number of anilines is 1. The van der Waals surface area contributed by atoms with E-state index in [4.69, 9.17) is 40.5 Å². The van der Waals surface area contributed by atoms with Gasteiger partial charge in [0.2, 0.25) is 0 Å². The van der Waals surface area contributed by atoms with Crippen LogP contribution in [0.4, 0.5) is 5.82 Å². The molecule has 2 N–H and O–H groups in total. The number of rotatable bonds is 1. The predicted octanol–water partition coefficient (Wildman–Crippen LogP) is 4.90. The van der Waals surface area contributed by atoms with Crippen LogP contribution in [0, 0.1) is 3.57 Å². The van der Waals surface area contributed by atoms with Gasteiger partial charge in [0.05, 0.1) is 15.1 Å². The number of pyridine rings is 1. The highest BCUT2D eigenvalue weighted by molar-refractivity contribution is 14.1. The normalized spacial score (nSPS) is 10.6. The molecular weight excluding hydrogens is 393 g/mol. The van der Waals surface area contributed by atoms with Crippen molar-refractivity contribution in [2.45, 2.75) is 0 Å². The molecule has 0 aliphatic carbocycles. The highest BCUT2D eigenvalue weighted by Crippen LogP contribution is 2.36. The van der Waals surface area contributed by atoms with E-state index in [1.54, 1.807) is 18.3 Å². The van der Waals surface area contributed by atoms with Gasteiger partial charge in [0.15, 0.2) is 0 Å². The minimum atomic E-state index is 0.342. The van der Waals surface area contributed by atoms with Crippen molar-refractivity contribution >= 4 is 63.2 Å². The number of halogens is 4. The van der Waals surface area contributed by atoms with Crippen LogP contribution >= 0.6 is 57.4 Å². The van der Waals surface area contributed by atoms with E-state index in [0.717, 1.165) is 14.7 Å². The summed E-state index contributed by atoms with van der Waals surface area (Å²) in [6.07, 6.45) is 1.69. The van der Waals surface area contributed by atoms with Crippen molar-refractivity contribution < 1.29 is 0 Å². The molecule has 0 saturated heterocycles. The Balaban J connectivity index is 2.64. The monoisotopic (exact) mass is 398 g/mol. The molecule has 0 aliphatic heterocycles. The largest absolute Gasteiger partial charge is 0.383 e. The molecule has 0 spiro atoms. The van der Waals surface area contributed by atoms with Gasteiger partial charge in [-0.2, -0.15) is 0 Å². The van der Waals surface area contributed by atoms with Crippen LogP contribution in [-0.2, 0) is 0 Å². The molecule has 0 aliphatic rings. The summed E-state index contributed by atoms with van der Waals surface area (Å²) < 4.78 is 0.981. The molecule has 88 valence electrons. The first-order valence-electron chi connectivity index (χ1n) is 4.55. The van der Waals surface area contributed by atoms with Crippen LogP contribution in [0.1, 0.15) is 0 Å². The van der Waals surface area contributed by atoms with Gasteiger partial charge in [-0.25, -0.2) is 4.98 Å². The maximum atomic E-state index is 5.98. The number of nitrogens with zero attached hydrogens (tertiary/aromatic N) is 1. The van der Waals surface area contributed by atoms with Crippen molar-refractivity contribution in [3.63, 3.8) is 0 Å². The Morgan fingerprint density at radius 3 is 2.24 bits per heavy atom. The van der Waals surface area contributed by atoms with E-state index in [0.29, 0.717) is 20.9 Å². The van der Waals surface area contributed by atoms with Crippen LogP contribution in [0.3, 0.4) is 0 Å². The average Bonchev–Trinajstić information content (AvgIpc) is 2.28. The average molecular weight is 399 g/mol. The summed E-state index contributed by atoms with van der Waals surface area (Å²) in [5.74, 6) is 0.430. The molecule has 1 aromatic heterocycles. The number of benzene rings is 1. The first-order chi connectivity index (χ1) is 7.99. The van der Waals surface area contributed by atoms with Gasteiger partial charge >= 0.3 is 0 Å². The van der Waals surface area contributed by atoms with Gasteiger partial charge in [-0.05, 0) is 46.4 Å². The van der Waals surface area contributed by atoms with Gasteiger partial charge in [0.1, 0.15) is 5.82 Å². The summed E-state index contributed by atoms with van der Waals surface area (Å²) in [4.78, 5) is 4.09. The van der Waals surface area contributed by atoms with Crippen molar-refractivity contribution in [1.29, 1.82) is 0 Å².